The Morgan fingerprint density at radius 2 is 1.76 bits per heavy atom. The number of terminal acetylenes is 1. The van der Waals surface area contributed by atoms with Crippen molar-refractivity contribution < 1.29 is 8.42 Å². The molecule has 0 bridgehead atoms. The third kappa shape index (κ3) is 3.74. The van der Waals surface area contributed by atoms with Crippen LogP contribution < -0.4 is 5.14 Å². The molecule has 1 aromatic heterocycles. The summed E-state index contributed by atoms with van der Waals surface area (Å²) in [6.45, 7) is 0. The van der Waals surface area contributed by atoms with E-state index in [1.807, 2.05) is 34.9 Å². The first kappa shape index (κ1) is 17.2. The molecular formula is C17H14N4O2S2. The zero-order valence-electron chi connectivity index (χ0n) is 13.0. The number of rotatable bonds is 5. The van der Waals surface area contributed by atoms with Gasteiger partial charge in [0.2, 0.25) is 10.0 Å². The molecule has 25 heavy (non-hydrogen) atoms. The highest BCUT2D eigenvalue weighted by Gasteiger charge is 2.16. The van der Waals surface area contributed by atoms with Gasteiger partial charge in [-0.15, -0.1) is 16.6 Å². The van der Waals surface area contributed by atoms with E-state index in [-0.39, 0.29) is 4.90 Å². The third-order valence-electron chi connectivity index (χ3n) is 3.37. The molecule has 126 valence electrons. The third-order valence-corrected chi connectivity index (χ3v) is 5.14. The number of hydrogen-bond acceptors (Lipinski definition) is 5. The molecule has 0 fully saturated rings. The molecule has 0 amide bonds. The van der Waals surface area contributed by atoms with Gasteiger partial charge in [-0.2, -0.15) is 0 Å². The fourth-order valence-electron chi connectivity index (χ4n) is 2.26. The molecule has 0 aliphatic rings. The highest BCUT2D eigenvalue weighted by Crippen LogP contribution is 2.28. The summed E-state index contributed by atoms with van der Waals surface area (Å²) < 4.78 is 24.7. The molecule has 0 spiro atoms. The summed E-state index contributed by atoms with van der Waals surface area (Å²) in [6.07, 6.45) is 5.34. The van der Waals surface area contributed by atoms with Crippen LogP contribution in [-0.4, -0.2) is 28.9 Å². The van der Waals surface area contributed by atoms with E-state index in [0.29, 0.717) is 16.7 Å². The largest absolute Gasteiger partial charge is 0.270 e. The van der Waals surface area contributed by atoms with E-state index >= 15 is 0 Å². The SMILES string of the molecule is C#CCSc1nnc(-c2ccccc2)n1-c1ccc(S(N)(=O)=O)cc1. The molecule has 0 atom stereocenters. The van der Waals surface area contributed by atoms with Crippen LogP contribution >= 0.6 is 11.8 Å². The van der Waals surface area contributed by atoms with E-state index < -0.39 is 10.0 Å². The molecule has 0 aliphatic carbocycles. The Balaban J connectivity index is 2.12. The number of nitrogens with two attached hydrogens (primary N) is 1. The van der Waals surface area contributed by atoms with Gasteiger partial charge < -0.3 is 0 Å². The molecule has 3 aromatic rings. The van der Waals surface area contributed by atoms with Crippen LogP contribution in [0.5, 0.6) is 0 Å². The highest BCUT2D eigenvalue weighted by molar-refractivity contribution is 7.99. The minimum Gasteiger partial charge on any atom is -0.270 e. The molecule has 0 radical (unpaired) electrons. The average Bonchev–Trinajstić information content (AvgIpc) is 3.04. The normalized spacial score (nSPS) is 11.2. The average molecular weight is 370 g/mol. The lowest BCUT2D eigenvalue weighted by Gasteiger charge is -2.10. The fraction of sp³-hybridized carbons (Fsp3) is 0.0588. The van der Waals surface area contributed by atoms with Gasteiger partial charge in [-0.3, -0.25) is 4.57 Å². The zero-order chi connectivity index (χ0) is 17.9. The monoisotopic (exact) mass is 370 g/mol. The van der Waals surface area contributed by atoms with Gasteiger partial charge in [-0.25, -0.2) is 13.6 Å². The van der Waals surface area contributed by atoms with Crippen LogP contribution in [0.1, 0.15) is 0 Å². The maximum Gasteiger partial charge on any atom is 0.238 e. The predicted octanol–water partition coefficient (Wildman–Crippen LogP) is 2.31. The van der Waals surface area contributed by atoms with Crippen molar-refractivity contribution in [3.63, 3.8) is 0 Å². The Morgan fingerprint density at radius 3 is 2.36 bits per heavy atom. The van der Waals surface area contributed by atoms with Crippen molar-refractivity contribution in [3.05, 3.63) is 54.6 Å². The summed E-state index contributed by atoms with van der Waals surface area (Å²) in [5.74, 6) is 3.65. The minimum atomic E-state index is -3.75. The number of nitrogens with zero attached hydrogens (tertiary/aromatic N) is 3. The highest BCUT2D eigenvalue weighted by atomic mass is 32.2. The van der Waals surface area contributed by atoms with Crippen molar-refractivity contribution in [1.29, 1.82) is 0 Å². The van der Waals surface area contributed by atoms with Crippen LogP contribution in [0.4, 0.5) is 0 Å². The first-order valence-electron chi connectivity index (χ1n) is 7.21. The van der Waals surface area contributed by atoms with Gasteiger partial charge >= 0.3 is 0 Å². The van der Waals surface area contributed by atoms with Gasteiger partial charge in [-0.05, 0) is 24.3 Å². The van der Waals surface area contributed by atoms with Crippen molar-refractivity contribution in [2.45, 2.75) is 10.1 Å². The van der Waals surface area contributed by atoms with Gasteiger partial charge in [0.1, 0.15) is 0 Å². The fourth-order valence-corrected chi connectivity index (χ4v) is 3.41. The van der Waals surface area contributed by atoms with Gasteiger partial charge in [0.15, 0.2) is 11.0 Å². The van der Waals surface area contributed by atoms with Gasteiger partial charge in [0.05, 0.1) is 10.6 Å². The predicted molar refractivity (Wildman–Crippen MR) is 97.7 cm³/mol. The first-order valence-corrected chi connectivity index (χ1v) is 9.74. The summed E-state index contributed by atoms with van der Waals surface area (Å²) in [5, 5.41) is 14.3. The Bertz CT molecular complexity index is 1020. The van der Waals surface area contributed by atoms with Gasteiger partial charge in [0.25, 0.3) is 0 Å². The van der Waals surface area contributed by atoms with Crippen molar-refractivity contribution in [2.75, 3.05) is 5.75 Å². The van der Waals surface area contributed by atoms with Crippen LogP contribution in [0, 0.1) is 12.3 Å². The van der Waals surface area contributed by atoms with Crippen molar-refractivity contribution in [2.24, 2.45) is 5.14 Å². The topological polar surface area (TPSA) is 90.9 Å². The number of aromatic nitrogens is 3. The van der Waals surface area contributed by atoms with Crippen LogP contribution in [0.3, 0.4) is 0 Å². The van der Waals surface area contributed by atoms with Crippen LogP contribution in [0.15, 0.2) is 64.6 Å². The van der Waals surface area contributed by atoms with Gasteiger partial charge in [-0.1, -0.05) is 48.0 Å². The number of benzene rings is 2. The molecule has 0 saturated carbocycles. The molecule has 1 heterocycles. The Labute approximate surface area is 150 Å². The molecule has 6 nitrogen and oxygen atoms in total. The summed E-state index contributed by atoms with van der Waals surface area (Å²) in [4.78, 5) is 0.0448. The Hall–Kier alpha value is -2.60. The van der Waals surface area contributed by atoms with Crippen molar-refractivity contribution in [3.8, 4) is 29.4 Å². The van der Waals surface area contributed by atoms with Crippen molar-refractivity contribution in [1.82, 2.24) is 14.8 Å². The van der Waals surface area contributed by atoms with E-state index in [4.69, 9.17) is 11.6 Å². The zero-order valence-corrected chi connectivity index (χ0v) is 14.7. The Morgan fingerprint density at radius 1 is 1.08 bits per heavy atom. The maximum atomic E-state index is 11.4. The number of sulfonamides is 1. The standard InChI is InChI=1S/C17H14N4O2S2/c1-2-12-24-17-20-19-16(13-6-4-3-5-7-13)21(17)14-8-10-15(11-9-14)25(18,22)23/h1,3-11H,12H2,(H2,18,22,23). The molecule has 0 aliphatic heterocycles. The van der Waals surface area contributed by atoms with Crippen molar-refractivity contribution >= 4 is 21.8 Å². The summed E-state index contributed by atoms with van der Waals surface area (Å²) in [5.41, 5.74) is 1.61. The molecule has 2 aromatic carbocycles. The van der Waals surface area contributed by atoms with Gasteiger partial charge in [0, 0.05) is 11.3 Å². The van der Waals surface area contributed by atoms with E-state index in [1.54, 1.807) is 12.1 Å². The van der Waals surface area contributed by atoms with E-state index in [0.717, 1.165) is 11.3 Å². The number of primary sulfonamides is 1. The molecule has 8 heteroatoms. The number of hydrogen-bond donors (Lipinski definition) is 1. The second-order valence-corrected chi connectivity index (χ2v) is 7.54. The summed E-state index contributed by atoms with van der Waals surface area (Å²) in [6, 6.07) is 15.8. The molecule has 3 rings (SSSR count). The quantitative estimate of drug-likeness (QED) is 0.550. The lowest BCUT2D eigenvalue weighted by molar-refractivity contribution is 0.598. The summed E-state index contributed by atoms with van der Waals surface area (Å²) >= 11 is 1.38. The van der Waals surface area contributed by atoms with E-state index in [2.05, 4.69) is 16.1 Å². The first-order chi connectivity index (χ1) is 12.0. The molecule has 0 unspecified atom stereocenters. The minimum absolute atomic E-state index is 0.0448. The maximum absolute atomic E-state index is 11.4. The second-order valence-electron chi connectivity index (χ2n) is 5.04. The lowest BCUT2D eigenvalue weighted by atomic mass is 10.2. The van der Waals surface area contributed by atoms with Crippen LogP contribution in [0.25, 0.3) is 17.1 Å². The summed E-state index contributed by atoms with van der Waals surface area (Å²) in [7, 11) is -3.75. The molecule has 2 N–H and O–H groups in total. The van der Waals surface area contributed by atoms with Crippen LogP contribution in [0.2, 0.25) is 0 Å². The van der Waals surface area contributed by atoms with E-state index in [1.165, 1.54) is 23.9 Å². The molecule has 0 saturated heterocycles. The number of thioether (sulfide) groups is 1. The lowest BCUT2D eigenvalue weighted by Crippen LogP contribution is -2.12. The smallest absolute Gasteiger partial charge is 0.238 e. The van der Waals surface area contributed by atoms with Crippen LogP contribution in [-0.2, 0) is 10.0 Å². The Kier molecular flexibility index (Phi) is 4.90. The van der Waals surface area contributed by atoms with E-state index in [9.17, 15) is 8.42 Å². The second kappa shape index (κ2) is 7.11. The molecular weight excluding hydrogens is 356 g/mol.